The van der Waals surface area contributed by atoms with Crippen LogP contribution in [0.1, 0.15) is 30.9 Å². The molecule has 0 aliphatic carbocycles. The molecule has 3 N–H and O–H groups in total. The normalized spacial score (nSPS) is 21.7. The van der Waals surface area contributed by atoms with E-state index in [0.717, 1.165) is 24.0 Å². The van der Waals surface area contributed by atoms with Crippen molar-refractivity contribution in [1.29, 1.82) is 0 Å². The van der Waals surface area contributed by atoms with Gasteiger partial charge in [-0.05, 0) is 31.4 Å². The summed E-state index contributed by atoms with van der Waals surface area (Å²) in [5.74, 6) is -0.114. The summed E-state index contributed by atoms with van der Waals surface area (Å²) in [7, 11) is 0. The summed E-state index contributed by atoms with van der Waals surface area (Å²) in [5.41, 5.74) is 8.14. The van der Waals surface area contributed by atoms with Crippen LogP contribution in [-0.4, -0.2) is 23.6 Å². The number of thiocarbonyl (C=S) groups is 1. The van der Waals surface area contributed by atoms with Crippen molar-refractivity contribution in [2.24, 2.45) is 11.7 Å². The molecule has 0 saturated carbocycles. The SMILES string of the molecule is CCC1OCCC1C(=O)Nc1cccc(C)c1C(N)=S. The maximum Gasteiger partial charge on any atom is 0.230 e. The molecule has 20 heavy (non-hydrogen) atoms. The van der Waals surface area contributed by atoms with Gasteiger partial charge in [0.05, 0.1) is 17.7 Å². The Kier molecular flexibility index (Phi) is 4.73. The number of nitrogens with one attached hydrogen (secondary N) is 1. The summed E-state index contributed by atoms with van der Waals surface area (Å²) in [6.45, 7) is 4.60. The lowest BCUT2D eigenvalue weighted by atomic mass is 9.98. The van der Waals surface area contributed by atoms with Crippen molar-refractivity contribution in [2.45, 2.75) is 32.8 Å². The Morgan fingerprint density at radius 1 is 1.55 bits per heavy atom. The number of ether oxygens (including phenoxy) is 1. The fourth-order valence-electron chi connectivity index (χ4n) is 2.68. The number of carbonyl (C=O) groups excluding carboxylic acids is 1. The number of anilines is 1. The summed E-state index contributed by atoms with van der Waals surface area (Å²) in [6, 6.07) is 5.64. The van der Waals surface area contributed by atoms with Crippen LogP contribution in [0.3, 0.4) is 0 Å². The third-order valence-corrected chi connectivity index (χ3v) is 3.93. The Morgan fingerprint density at radius 2 is 2.30 bits per heavy atom. The lowest BCUT2D eigenvalue weighted by Gasteiger charge is -2.18. The average molecular weight is 292 g/mol. The summed E-state index contributed by atoms with van der Waals surface area (Å²) >= 11 is 5.07. The topological polar surface area (TPSA) is 64.3 Å². The van der Waals surface area contributed by atoms with Gasteiger partial charge in [-0.1, -0.05) is 31.3 Å². The van der Waals surface area contributed by atoms with Gasteiger partial charge in [0.25, 0.3) is 0 Å². The molecule has 0 spiro atoms. The molecule has 4 nitrogen and oxygen atoms in total. The highest BCUT2D eigenvalue weighted by molar-refractivity contribution is 7.80. The minimum absolute atomic E-state index is 0.00749. The second-order valence-electron chi connectivity index (χ2n) is 5.06. The molecule has 1 aromatic carbocycles. The molecular weight excluding hydrogens is 272 g/mol. The van der Waals surface area contributed by atoms with Gasteiger partial charge in [-0.2, -0.15) is 0 Å². The minimum atomic E-state index is -0.0975. The Labute approximate surface area is 124 Å². The van der Waals surface area contributed by atoms with Crippen LogP contribution in [0.25, 0.3) is 0 Å². The average Bonchev–Trinajstić information content (AvgIpc) is 2.86. The van der Waals surface area contributed by atoms with Gasteiger partial charge in [-0.25, -0.2) is 0 Å². The zero-order chi connectivity index (χ0) is 14.7. The predicted octanol–water partition coefficient (Wildman–Crippen LogP) is 2.38. The van der Waals surface area contributed by atoms with Crippen molar-refractivity contribution in [1.82, 2.24) is 0 Å². The van der Waals surface area contributed by atoms with Gasteiger partial charge in [0.2, 0.25) is 5.91 Å². The van der Waals surface area contributed by atoms with E-state index >= 15 is 0 Å². The number of nitrogens with two attached hydrogens (primary N) is 1. The zero-order valence-corrected chi connectivity index (χ0v) is 12.6. The Morgan fingerprint density at radius 3 is 2.95 bits per heavy atom. The van der Waals surface area contributed by atoms with Crippen LogP contribution in [0.2, 0.25) is 0 Å². The molecule has 2 unspecified atom stereocenters. The maximum absolute atomic E-state index is 12.4. The summed E-state index contributed by atoms with van der Waals surface area (Å²) in [6.07, 6.45) is 1.61. The molecule has 1 heterocycles. The van der Waals surface area contributed by atoms with Crippen molar-refractivity contribution >= 4 is 28.8 Å². The molecule has 2 rings (SSSR count). The van der Waals surface area contributed by atoms with E-state index in [-0.39, 0.29) is 17.9 Å². The van der Waals surface area contributed by atoms with E-state index in [1.165, 1.54) is 0 Å². The van der Waals surface area contributed by atoms with Crippen LogP contribution < -0.4 is 11.1 Å². The number of rotatable bonds is 4. The molecule has 0 aromatic heterocycles. The largest absolute Gasteiger partial charge is 0.389 e. The first-order valence-electron chi connectivity index (χ1n) is 6.86. The first kappa shape index (κ1) is 14.9. The summed E-state index contributed by atoms with van der Waals surface area (Å²) < 4.78 is 5.56. The van der Waals surface area contributed by atoms with Gasteiger partial charge in [0.1, 0.15) is 4.99 Å². The number of benzene rings is 1. The monoisotopic (exact) mass is 292 g/mol. The molecule has 1 aliphatic rings. The molecule has 1 fully saturated rings. The van der Waals surface area contributed by atoms with E-state index in [1.54, 1.807) is 0 Å². The van der Waals surface area contributed by atoms with E-state index in [0.29, 0.717) is 17.3 Å². The Balaban J connectivity index is 2.20. The number of amides is 1. The molecule has 108 valence electrons. The molecular formula is C15H20N2O2S. The second kappa shape index (κ2) is 6.33. The highest BCUT2D eigenvalue weighted by atomic mass is 32.1. The molecule has 1 aliphatic heterocycles. The Hall–Kier alpha value is -1.46. The summed E-state index contributed by atoms with van der Waals surface area (Å²) in [5, 5.41) is 2.95. The number of carbonyl (C=O) groups is 1. The van der Waals surface area contributed by atoms with E-state index in [9.17, 15) is 4.79 Å². The van der Waals surface area contributed by atoms with Crippen molar-refractivity contribution in [3.63, 3.8) is 0 Å². The molecule has 1 amide bonds. The highest BCUT2D eigenvalue weighted by Gasteiger charge is 2.33. The van der Waals surface area contributed by atoms with Gasteiger partial charge in [0, 0.05) is 12.2 Å². The molecule has 2 atom stereocenters. The fourth-order valence-corrected chi connectivity index (χ4v) is 2.95. The molecule has 0 radical (unpaired) electrons. The van der Waals surface area contributed by atoms with Gasteiger partial charge in [-0.3, -0.25) is 4.79 Å². The first-order chi connectivity index (χ1) is 9.54. The minimum Gasteiger partial charge on any atom is -0.389 e. The fraction of sp³-hybridized carbons (Fsp3) is 0.467. The van der Waals surface area contributed by atoms with Gasteiger partial charge in [-0.15, -0.1) is 0 Å². The molecule has 1 saturated heterocycles. The number of hydrogen-bond acceptors (Lipinski definition) is 3. The van der Waals surface area contributed by atoms with Gasteiger partial charge in [0.15, 0.2) is 0 Å². The lowest BCUT2D eigenvalue weighted by molar-refractivity contribution is -0.121. The quantitative estimate of drug-likeness (QED) is 0.836. The molecule has 0 bridgehead atoms. The van der Waals surface area contributed by atoms with Gasteiger partial charge < -0.3 is 15.8 Å². The third kappa shape index (κ3) is 2.99. The predicted molar refractivity (Wildman–Crippen MR) is 83.8 cm³/mol. The van der Waals surface area contributed by atoms with Crippen LogP contribution in [0.5, 0.6) is 0 Å². The van der Waals surface area contributed by atoms with Crippen LogP contribution in [0.15, 0.2) is 18.2 Å². The lowest BCUT2D eigenvalue weighted by Crippen LogP contribution is -2.30. The first-order valence-corrected chi connectivity index (χ1v) is 7.27. The van der Waals surface area contributed by atoms with E-state index < -0.39 is 0 Å². The smallest absolute Gasteiger partial charge is 0.230 e. The number of hydrogen-bond donors (Lipinski definition) is 2. The standard InChI is InChI=1S/C15H20N2O2S/c1-3-12-10(7-8-19-12)15(18)17-11-6-4-5-9(2)13(11)14(16)20/h4-6,10,12H,3,7-8H2,1-2H3,(H2,16,20)(H,17,18). The van der Waals surface area contributed by atoms with Crippen LogP contribution in [0.4, 0.5) is 5.69 Å². The van der Waals surface area contributed by atoms with Crippen molar-refractivity contribution in [3.8, 4) is 0 Å². The number of aryl methyl sites for hydroxylation is 1. The van der Waals surface area contributed by atoms with Crippen LogP contribution in [0, 0.1) is 12.8 Å². The van der Waals surface area contributed by atoms with E-state index in [2.05, 4.69) is 5.32 Å². The van der Waals surface area contributed by atoms with Crippen molar-refractivity contribution in [3.05, 3.63) is 29.3 Å². The van der Waals surface area contributed by atoms with Gasteiger partial charge >= 0.3 is 0 Å². The molecule has 5 heteroatoms. The van der Waals surface area contributed by atoms with Crippen molar-refractivity contribution in [2.75, 3.05) is 11.9 Å². The Bertz CT molecular complexity index is 531. The molecule has 1 aromatic rings. The maximum atomic E-state index is 12.4. The van der Waals surface area contributed by atoms with Crippen LogP contribution in [-0.2, 0) is 9.53 Å². The second-order valence-corrected chi connectivity index (χ2v) is 5.50. The van der Waals surface area contributed by atoms with Crippen molar-refractivity contribution < 1.29 is 9.53 Å². The van der Waals surface area contributed by atoms with E-state index in [1.807, 2.05) is 32.0 Å². The summed E-state index contributed by atoms with van der Waals surface area (Å²) in [4.78, 5) is 12.7. The zero-order valence-electron chi connectivity index (χ0n) is 11.8. The van der Waals surface area contributed by atoms with Crippen LogP contribution >= 0.6 is 12.2 Å². The van der Waals surface area contributed by atoms with E-state index in [4.69, 9.17) is 22.7 Å². The third-order valence-electron chi connectivity index (χ3n) is 3.73. The highest BCUT2D eigenvalue weighted by Crippen LogP contribution is 2.26.